The maximum atomic E-state index is 5.58. The first-order valence-corrected chi connectivity index (χ1v) is 6.59. The molecule has 0 aromatic carbocycles. The van der Waals surface area contributed by atoms with E-state index < -0.39 is 0 Å². The van der Waals surface area contributed by atoms with Crippen LogP contribution in [0, 0.1) is 0 Å². The molecule has 0 amide bonds. The highest BCUT2D eigenvalue weighted by Crippen LogP contribution is 2.29. The Morgan fingerprint density at radius 2 is 2.06 bits per heavy atom. The molecule has 0 bridgehead atoms. The molecule has 0 saturated heterocycles. The van der Waals surface area contributed by atoms with Gasteiger partial charge in [0.2, 0.25) is 0 Å². The number of likely N-dealkylation sites (N-methyl/N-ethyl adjacent to an activating group) is 1. The summed E-state index contributed by atoms with van der Waals surface area (Å²) < 4.78 is 13.0. The third-order valence-electron chi connectivity index (χ3n) is 3.16. The fourth-order valence-electron chi connectivity index (χ4n) is 2.26. The second kappa shape index (κ2) is 7.38. The topological polar surface area (TPSA) is 48.3 Å². The summed E-state index contributed by atoms with van der Waals surface area (Å²) in [4.78, 5) is 0. The number of methoxy groups -OCH3 is 2. The molecule has 0 spiro atoms. The lowest BCUT2D eigenvalue weighted by atomic mass is 10.0. The fraction of sp³-hybridized carbons (Fsp3) is 0.769. The highest BCUT2D eigenvalue weighted by molar-refractivity contribution is 5.29. The van der Waals surface area contributed by atoms with Gasteiger partial charge in [-0.25, -0.2) is 0 Å². The Labute approximate surface area is 109 Å². The molecule has 0 aliphatic rings. The lowest BCUT2D eigenvalue weighted by Crippen LogP contribution is -2.34. The first kappa shape index (κ1) is 15.0. The third kappa shape index (κ3) is 3.03. The summed E-state index contributed by atoms with van der Waals surface area (Å²) in [5.74, 6) is 0.818. The molecule has 1 rings (SSSR count). The van der Waals surface area contributed by atoms with Crippen molar-refractivity contribution in [3.63, 3.8) is 0 Å². The number of rotatable bonds is 8. The predicted molar refractivity (Wildman–Crippen MR) is 72.0 cm³/mol. The number of hydrogen-bond donors (Lipinski definition) is 1. The minimum atomic E-state index is 0.0994. The van der Waals surface area contributed by atoms with Crippen molar-refractivity contribution in [1.29, 1.82) is 0 Å². The molecule has 0 aliphatic heterocycles. The first-order valence-electron chi connectivity index (χ1n) is 6.59. The molecular weight excluding hydrogens is 230 g/mol. The fourth-order valence-corrected chi connectivity index (χ4v) is 2.26. The van der Waals surface area contributed by atoms with Gasteiger partial charge in [-0.1, -0.05) is 13.8 Å². The van der Waals surface area contributed by atoms with Crippen molar-refractivity contribution in [2.24, 2.45) is 0 Å². The molecular formula is C13H25N3O2. The summed E-state index contributed by atoms with van der Waals surface area (Å²) in [5, 5.41) is 7.83. The van der Waals surface area contributed by atoms with Gasteiger partial charge in [0, 0.05) is 13.7 Å². The van der Waals surface area contributed by atoms with Crippen LogP contribution in [0.2, 0.25) is 0 Å². The van der Waals surface area contributed by atoms with E-state index in [1.165, 1.54) is 0 Å². The normalized spacial score (nSPS) is 14.5. The van der Waals surface area contributed by atoms with Gasteiger partial charge < -0.3 is 14.8 Å². The number of nitrogens with zero attached hydrogens (tertiary/aromatic N) is 2. The molecule has 2 atom stereocenters. The smallest absolute Gasteiger partial charge is 0.161 e. The van der Waals surface area contributed by atoms with Crippen LogP contribution >= 0.6 is 0 Å². The number of ether oxygens (including phenoxy) is 2. The van der Waals surface area contributed by atoms with E-state index in [4.69, 9.17) is 9.47 Å². The van der Waals surface area contributed by atoms with Gasteiger partial charge >= 0.3 is 0 Å². The maximum Gasteiger partial charge on any atom is 0.161 e. The van der Waals surface area contributed by atoms with Crippen molar-refractivity contribution in [3.8, 4) is 5.75 Å². The van der Waals surface area contributed by atoms with Gasteiger partial charge in [-0.05, 0) is 19.9 Å². The van der Waals surface area contributed by atoms with Crippen molar-refractivity contribution in [2.45, 2.75) is 45.9 Å². The predicted octanol–water partition coefficient (Wildman–Crippen LogP) is 1.99. The van der Waals surface area contributed by atoms with E-state index in [0.717, 1.165) is 31.0 Å². The molecule has 2 unspecified atom stereocenters. The average Bonchev–Trinajstić information content (AvgIpc) is 2.81. The van der Waals surface area contributed by atoms with E-state index in [0.29, 0.717) is 0 Å². The van der Waals surface area contributed by atoms with Crippen LogP contribution in [0.25, 0.3) is 0 Å². The Morgan fingerprint density at radius 3 is 2.50 bits per heavy atom. The van der Waals surface area contributed by atoms with Crippen LogP contribution in [0.5, 0.6) is 5.75 Å². The van der Waals surface area contributed by atoms with Crippen molar-refractivity contribution in [3.05, 3.63) is 11.9 Å². The number of nitrogens with one attached hydrogen (secondary N) is 1. The summed E-state index contributed by atoms with van der Waals surface area (Å²) >= 11 is 0. The van der Waals surface area contributed by atoms with Crippen LogP contribution in [0.4, 0.5) is 0 Å². The van der Waals surface area contributed by atoms with Gasteiger partial charge in [0.1, 0.15) is 0 Å². The van der Waals surface area contributed by atoms with E-state index in [1.54, 1.807) is 20.4 Å². The maximum absolute atomic E-state index is 5.58. The molecule has 1 N–H and O–H groups in total. The lowest BCUT2D eigenvalue weighted by Gasteiger charge is -2.27. The number of hydrogen-bond acceptors (Lipinski definition) is 4. The van der Waals surface area contributed by atoms with Crippen LogP contribution in [0.15, 0.2) is 6.20 Å². The van der Waals surface area contributed by atoms with Crippen LogP contribution in [0.3, 0.4) is 0 Å². The van der Waals surface area contributed by atoms with Crippen molar-refractivity contribution < 1.29 is 9.47 Å². The van der Waals surface area contributed by atoms with Crippen LogP contribution < -0.4 is 10.1 Å². The number of aryl methyl sites for hydroxylation is 1. The molecule has 5 heteroatoms. The van der Waals surface area contributed by atoms with Gasteiger partial charge in [0.25, 0.3) is 0 Å². The zero-order valence-electron chi connectivity index (χ0n) is 12.1. The van der Waals surface area contributed by atoms with Crippen molar-refractivity contribution in [1.82, 2.24) is 15.1 Å². The van der Waals surface area contributed by atoms with Crippen LogP contribution in [0.1, 0.15) is 38.9 Å². The van der Waals surface area contributed by atoms with Gasteiger partial charge in [-0.15, -0.1) is 0 Å². The quantitative estimate of drug-likeness (QED) is 0.771. The molecule has 0 saturated carbocycles. The van der Waals surface area contributed by atoms with Crippen LogP contribution in [-0.2, 0) is 11.3 Å². The van der Waals surface area contributed by atoms with Gasteiger partial charge in [0.05, 0.1) is 31.1 Å². The molecule has 0 aliphatic carbocycles. The summed E-state index contributed by atoms with van der Waals surface area (Å²) in [5.41, 5.74) is 1.07. The van der Waals surface area contributed by atoms with E-state index in [1.807, 2.05) is 4.68 Å². The zero-order valence-corrected chi connectivity index (χ0v) is 12.1. The summed E-state index contributed by atoms with van der Waals surface area (Å²) in [6, 6.07) is 0.0994. The van der Waals surface area contributed by atoms with Crippen molar-refractivity contribution in [2.75, 3.05) is 20.8 Å². The summed E-state index contributed by atoms with van der Waals surface area (Å²) in [6.07, 6.45) is 2.82. The van der Waals surface area contributed by atoms with Crippen LogP contribution in [-0.4, -0.2) is 36.6 Å². The first-order chi connectivity index (χ1) is 8.73. The lowest BCUT2D eigenvalue weighted by molar-refractivity contribution is 0.0619. The Bertz CT molecular complexity index is 327. The molecule has 1 heterocycles. The average molecular weight is 255 g/mol. The molecule has 5 nitrogen and oxygen atoms in total. The van der Waals surface area contributed by atoms with Gasteiger partial charge in [-0.3, -0.25) is 4.68 Å². The standard InChI is InChI=1S/C13H25N3O2/c1-6-10(17-4)12(14-7-2)13-11(18-5)9-15-16(13)8-3/h9-10,12,14H,6-8H2,1-5H3. The number of aromatic nitrogens is 2. The molecule has 104 valence electrons. The molecule has 1 aromatic heterocycles. The Kier molecular flexibility index (Phi) is 6.15. The minimum Gasteiger partial charge on any atom is -0.493 e. The SMILES string of the molecule is CCNC(c1c(OC)cnn1CC)C(CC)OC. The van der Waals surface area contributed by atoms with E-state index >= 15 is 0 Å². The zero-order chi connectivity index (χ0) is 13.5. The molecule has 18 heavy (non-hydrogen) atoms. The third-order valence-corrected chi connectivity index (χ3v) is 3.16. The second-order valence-electron chi connectivity index (χ2n) is 4.13. The minimum absolute atomic E-state index is 0.0994. The highest BCUT2D eigenvalue weighted by atomic mass is 16.5. The Morgan fingerprint density at radius 1 is 1.33 bits per heavy atom. The second-order valence-corrected chi connectivity index (χ2v) is 4.13. The largest absolute Gasteiger partial charge is 0.493 e. The summed E-state index contributed by atoms with van der Waals surface area (Å²) in [7, 11) is 3.43. The Hall–Kier alpha value is -1.07. The van der Waals surface area contributed by atoms with E-state index in [2.05, 4.69) is 31.2 Å². The molecule has 0 fully saturated rings. The van der Waals surface area contributed by atoms with Gasteiger partial charge in [0.15, 0.2) is 5.75 Å². The van der Waals surface area contributed by atoms with Crippen molar-refractivity contribution >= 4 is 0 Å². The molecule has 1 aromatic rings. The van der Waals surface area contributed by atoms with E-state index in [-0.39, 0.29) is 12.1 Å². The highest BCUT2D eigenvalue weighted by Gasteiger charge is 2.27. The molecule has 0 radical (unpaired) electrons. The van der Waals surface area contributed by atoms with E-state index in [9.17, 15) is 0 Å². The van der Waals surface area contributed by atoms with Gasteiger partial charge in [-0.2, -0.15) is 5.10 Å². The Balaban J connectivity index is 3.14. The summed E-state index contributed by atoms with van der Waals surface area (Å²) in [6.45, 7) is 7.99. The monoisotopic (exact) mass is 255 g/mol.